The fourth-order valence-electron chi connectivity index (χ4n) is 2.53. The summed E-state index contributed by atoms with van der Waals surface area (Å²) < 4.78 is 5.38. The Labute approximate surface area is 151 Å². The average molecular weight is 355 g/mol. The summed E-state index contributed by atoms with van der Waals surface area (Å²) in [4.78, 5) is 22.4. The molecule has 0 aliphatic rings. The van der Waals surface area contributed by atoms with Gasteiger partial charge in [0.05, 0.1) is 12.0 Å². The summed E-state index contributed by atoms with van der Waals surface area (Å²) in [5, 5.41) is 4.20. The number of benzene rings is 1. The molecule has 0 radical (unpaired) electrons. The number of thiophene rings is 1. The monoisotopic (exact) mass is 355 g/mol. The lowest BCUT2D eigenvalue weighted by Crippen LogP contribution is -2.09. The molecule has 0 bridgehead atoms. The van der Waals surface area contributed by atoms with Crippen LogP contribution in [0.2, 0.25) is 0 Å². The first-order valence-corrected chi connectivity index (χ1v) is 9.02. The second kappa shape index (κ2) is 7.19. The Morgan fingerprint density at radius 2 is 2.08 bits per heavy atom. The van der Waals surface area contributed by atoms with Crippen molar-refractivity contribution < 1.29 is 9.53 Å². The number of aromatic nitrogens is 2. The van der Waals surface area contributed by atoms with Crippen LogP contribution in [-0.2, 0) is 4.74 Å². The Morgan fingerprint density at radius 3 is 2.80 bits per heavy atom. The summed E-state index contributed by atoms with van der Waals surface area (Å²) in [6.45, 7) is 8.39. The first-order valence-electron chi connectivity index (χ1n) is 8.20. The summed E-state index contributed by atoms with van der Waals surface area (Å²) >= 11 is 1.35. The third kappa shape index (κ3) is 3.79. The number of nitrogens with one attached hydrogen (secondary N) is 1. The van der Waals surface area contributed by atoms with Gasteiger partial charge in [0.15, 0.2) is 0 Å². The Kier molecular flexibility index (Phi) is 4.99. The van der Waals surface area contributed by atoms with Gasteiger partial charge in [-0.25, -0.2) is 14.8 Å². The molecular weight excluding hydrogens is 334 g/mol. The van der Waals surface area contributed by atoms with E-state index in [1.165, 1.54) is 17.7 Å². The molecule has 3 aromatic rings. The van der Waals surface area contributed by atoms with Crippen molar-refractivity contribution in [3.05, 3.63) is 46.6 Å². The van der Waals surface area contributed by atoms with Crippen LogP contribution in [0.25, 0.3) is 10.2 Å². The van der Waals surface area contributed by atoms with E-state index in [0.717, 1.165) is 27.0 Å². The van der Waals surface area contributed by atoms with E-state index in [1.54, 1.807) is 0 Å². The zero-order valence-corrected chi connectivity index (χ0v) is 15.6. The first-order chi connectivity index (χ1) is 12.0. The van der Waals surface area contributed by atoms with E-state index in [9.17, 15) is 4.79 Å². The lowest BCUT2D eigenvalue weighted by molar-refractivity contribution is 0.0464. The fourth-order valence-corrected chi connectivity index (χ4v) is 3.57. The maximum Gasteiger partial charge on any atom is 0.348 e. The van der Waals surface area contributed by atoms with Gasteiger partial charge in [-0.2, -0.15) is 0 Å². The van der Waals surface area contributed by atoms with Gasteiger partial charge in [-0.05, 0) is 43.0 Å². The number of hydrogen-bond donors (Lipinski definition) is 1. The van der Waals surface area contributed by atoms with Crippen molar-refractivity contribution in [1.29, 1.82) is 0 Å². The van der Waals surface area contributed by atoms with Crippen LogP contribution in [0.3, 0.4) is 0 Å². The summed E-state index contributed by atoms with van der Waals surface area (Å²) in [5.41, 5.74) is 2.97. The summed E-state index contributed by atoms with van der Waals surface area (Å²) in [5.74, 6) is 0.708. The number of carbonyl (C=O) groups excluding carboxylic acids is 1. The number of anilines is 2. The topological polar surface area (TPSA) is 64.1 Å². The van der Waals surface area contributed by atoms with Gasteiger partial charge in [-0.3, -0.25) is 0 Å². The SMILES string of the molecule is Cc1cccc(Nc2ncnc3sc(C(=O)OCC(C)C)c(C)c23)c1. The third-order valence-corrected chi connectivity index (χ3v) is 4.92. The minimum absolute atomic E-state index is 0.296. The summed E-state index contributed by atoms with van der Waals surface area (Å²) in [6.07, 6.45) is 1.51. The Morgan fingerprint density at radius 1 is 1.28 bits per heavy atom. The van der Waals surface area contributed by atoms with E-state index in [-0.39, 0.29) is 5.97 Å². The summed E-state index contributed by atoms with van der Waals surface area (Å²) in [6, 6.07) is 8.07. The molecule has 0 saturated heterocycles. The molecule has 130 valence electrons. The Bertz CT molecular complexity index is 918. The van der Waals surface area contributed by atoms with Crippen molar-refractivity contribution in [1.82, 2.24) is 9.97 Å². The average Bonchev–Trinajstić information content (AvgIpc) is 2.91. The van der Waals surface area contributed by atoms with Gasteiger partial charge in [0.1, 0.15) is 21.9 Å². The number of ether oxygens (including phenoxy) is 1. The molecule has 0 aliphatic heterocycles. The maximum atomic E-state index is 12.4. The second-order valence-corrected chi connectivity index (χ2v) is 7.44. The van der Waals surface area contributed by atoms with E-state index in [4.69, 9.17) is 4.74 Å². The zero-order chi connectivity index (χ0) is 18.0. The van der Waals surface area contributed by atoms with Gasteiger partial charge < -0.3 is 10.1 Å². The van der Waals surface area contributed by atoms with Crippen LogP contribution < -0.4 is 5.32 Å². The van der Waals surface area contributed by atoms with Crippen LogP contribution >= 0.6 is 11.3 Å². The van der Waals surface area contributed by atoms with Gasteiger partial charge in [-0.1, -0.05) is 26.0 Å². The highest BCUT2D eigenvalue weighted by molar-refractivity contribution is 7.20. The van der Waals surface area contributed by atoms with Crippen LogP contribution in [-0.4, -0.2) is 22.5 Å². The normalized spacial score (nSPS) is 11.1. The molecule has 25 heavy (non-hydrogen) atoms. The smallest absolute Gasteiger partial charge is 0.348 e. The largest absolute Gasteiger partial charge is 0.461 e. The molecule has 1 aromatic carbocycles. The number of nitrogens with zero attached hydrogens (tertiary/aromatic N) is 2. The molecule has 0 amide bonds. The van der Waals surface area contributed by atoms with E-state index < -0.39 is 0 Å². The maximum absolute atomic E-state index is 12.4. The number of rotatable bonds is 5. The van der Waals surface area contributed by atoms with Crippen LogP contribution in [0.4, 0.5) is 11.5 Å². The number of esters is 1. The molecule has 0 unspecified atom stereocenters. The molecular formula is C19H21N3O2S. The van der Waals surface area contributed by atoms with Gasteiger partial charge in [0.2, 0.25) is 0 Å². The number of hydrogen-bond acceptors (Lipinski definition) is 6. The molecule has 1 N–H and O–H groups in total. The minimum Gasteiger partial charge on any atom is -0.461 e. The molecule has 5 nitrogen and oxygen atoms in total. The minimum atomic E-state index is -0.296. The number of carbonyl (C=O) groups is 1. The molecule has 0 aliphatic carbocycles. The molecule has 6 heteroatoms. The lowest BCUT2D eigenvalue weighted by atomic mass is 10.2. The Hall–Kier alpha value is -2.47. The van der Waals surface area contributed by atoms with Crippen molar-refractivity contribution in [3.8, 4) is 0 Å². The summed E-state index contributed by atoms with van der Waals surface area (Å²) in [7, 11) is 0. The highest BCUT2D eigenvalue weighted by Gasteiger charge is 2.20. The quantitative estimate of drug-likeness (QED) is 0.662. The first kappa shape index (κ1) is 17.4. The molecule has 0 saturated carbocycles. The highest BCUT2D eigenvalue weighted by atomic mass is 32.1. The van der Waals surface area contributed by atoms with E-state index >= 15 is 0 Å². The highest BCUT2D eigenvalue weighted by Crippen LogP contribution is 2.34. The molecule has 2 aromatic heterocycles. The lowest BCUT2D eigenvalue weighted by Gasteiger charge is -2.08. The Balaban J connectivity index is 1.97. The van der Waals surface area contributed by atoms with Crippen molar-refractivity contribution >= 4 is 39.0 Å². The van der Waals surface area contributed by atoms with Crippen LogP contribution in [0.5, 0.6) is 0 Å². The van der Waals surface area contributed by atoms with Crippen LogP contribution in [0.1, 0.15) is 34.6 Å². The van der Waals surface area contributed by atoms with Gasteiger partial charge >= 0.3 is 5.97 Å². The van der Waals surface area contributed by atoms with E-state index in [0.29, 0.717) is 23.2 Å². The molecule has 0 fully saturated rings. The predicted molar refractivity (Wildman–Crippen MR) is 102 cm³/mol. The van der Waals surface area contributed by atoms with Gasteiger partial charge in [0, 0.05) is 5.69 Å². The van der Waals surface area contributed by atoms with Crippen molar-refractivity contribution in [2.45, 2.75) is 27.7 Å². The molecule has 0 spiro atoms. The zero-order valence-electron chi connectivity index (χ0n) is 14.8. The van der Waals surface area contributed by atoms with Crippen LogP contribution in [0.15, 0.2) is 30.6 Å². The second-order valence-electron chi connectivity index (χ2n) is 6.45. The van der Waals surface area contributed by atoms with E-state index in [2.05, 4.69) is 15.3 Å². The van der Waals surface area contributed by atoms with Crippen molar-refractivity contribution in [2.24, 2.45) is 5.92 Å². The predicted octanol–water partition coefficient (Wildman–Crippen LogP) is 4.86. The van der Waals surface area contributed by atoms with Crippen molar-refractivity contribution in [2.75, 3.05) is 11.9 Å². The molecule has 0 atom stereocenters. The number of aryl methyl sites for hydroxylation is 2. The van der Waals surface area contributed by atoms with Crippen LogP contribution in [0, 0.1) is 19.8 Å². The van der Waals surface area contributed by atoms with E-state index in [1.807, 2.05) is 52.0 Å². The van der Waals surface area contributed by atoms with Gasteiger partial charge in [0.25, 0.3) is 0 Å². The van der Waals surface area contributed by atoms with Crippen molar-refractivity contribution in [3.63, 3.8) is 0 Å². The fraction of sp³-hybridized carbons (Fsp3) is 0.316. The molecule has 3 rings (SSSR count). The molecule has 2 heterocycles. The van der Waals surface area contributed by atoms with Gasteiger partial charge in [-0.15, -0.1) is 11.3 Å². The third-order valence-electron chi connectivity index (χ3n) is 3.74. The number of fused-ring (bicyclic) bond motifs is 1. The standard InChI is InChI=1S/C19H21N3O2S/c1-11(2)9-24-19(23)16-13(4)15-17(20-10-21-18(15)25-16)22-14-7-5-6-12(3)8-14/h5-8,10-11H,9H2,1-4H3,(H,20,21,22).